The highest BCUT2D eigenvalue weighted by Gasteiger charge is 2.38. The predicted molar refractivity (Wildman–Crippen MR) is 167 cm³/mol. The number of nitrogens with one attached hydrogen (secondary N) is 3. The van der Waals surface area contributed by atoms with Crippen LogP contribution in [0.5, 0.6) is 5.75 Å². The highest BCUT2D eigenvalue weighted by Crippen LogP contribution is 2.44. The lowest BCUT2D eigenvalue weighted by Crippen LogP contribution is -2.52. The van der Waals surface area contributed by atoms with Gasteiger partial charge in [0.2, 0.25) is 0 Å². The molecule has 0 saturated heterocycles. The van der Waals surface area contributed by atoms with Gasteiger partial charge in [-0.2, -0.15) is 0 Å². The van der Waals surface area contributed by atoms with Gasteiger partial charge in [0, 0.05) is 42.2 Å². The molecule has 5 rings (SSSR count). The molecule has 1 aliphatic heterocycles. The number of hydrogen-bond acceptors (Lipinski definition) is 5. The zero-order valence-electron chi connectivity index (χ0n) is 24.1. The van der Waals surface area contributed by atoms with Crippen LogP contribution in [0.15, 0.2) is 72.8 Å². The maximum atomic E-state index is 14.1. The molecule has 1 aliphatic rings. The average Bonchev–Trinajstić information content (AvgIpc) is 2.96. The molecule has 7 nitrogen and oxygen atoms in total. The highest BCUT2D eigenvalue weighted by molar-refractivity contribution is 6.34. The Hall–Kier alpha value is -4.56. The van der Waals surface area contributed by atoms with Gasteiger partial charge in [-0.25, -0.2) is 4.39 Å². The van der Waals surface area contributed by atoms with Crippen LogP contribution in [0, 0.1) is 12.7 Å². The van der Waals surface area contributed by atoms with Crippen molar-refractivity contribution in [2.24, 2.45) is 0 Å². The summed E-state index contributed by atoms with van der Waals surface area (Å²) in [7, 11) is 3.32. The molecular formula is C33H32ClFN4O3. The fourth-order valence-corrected chi connectivity index (χ4v) is 5.49. The van der Waals surface area contributed by atoms with Crippen LogP contribution in [-0.2, 0) is 11.3 Å². The normalized spacial score (nSPS) is 13.7. The van der Waals surface area contributed by atoms with Crippen LogP contribution in [0.1, 0.15) is 35.3 Å². The number of halogens is 2. The van der Waals surface area contributed by atoms with E-state index in [4.69, 9.17) is 16.3 Å². The van der Waals surface area contributed by atoms with E-state index >= 15 is 0 Å². The number of benzene rings is 4. The van der Waals surface area contributed by atoms with E-state index in [1.807, 2.05) is 39.0 Å². The van der Waals surface area contributed by atoms with Crippen LogP contribution in [0.4, 0.5) is 27.1 Å². The first-order valence-electron chi connectivity index (χ1n) is 13.5. The van der Waals surface area contributed by atoms with E-state index in [1.165, 1.54) is 12.1 Å². The van der Waals surface area contributed by atoms with Gasteiger partial charge in [0.15, 0.2) is 0 Å². The lowest BCUT2D eigenvalue weighted by Gasteiger charge is -2.40. The van der Waals surface area contributed by atoms with Crippen molar-refractivity contribution in [2.45, 2.75) is 32.9 Å². The van der Waals surface area contributed by atoms with Crippen molar-refractivity contribution in [1.29, 1.82) is 0 Å². The van der Waals surface area contributed by atoms with Gasteiger partial charge in [-0.3, -0.25) is 9.59 Å². The molecule has 0 aliphatic carbocycles. The molecule has 0 spiro atoms. The highest BCUT2D eigenvalue weighted by atomic mass is 35.5. The standard InChI is InChI=1S/C33H32ClFN4O3/c1-19-10-11-20(35)16-28(19)36-18-25-22(14-15-27-30(25)39(4)32(41)33(2,3)38-27)23-13-12-21(17-29(23)42-5)37-31(40)24-8-6-7-9-26(24)34/h6-17,36,38H,18H2,1-5H3,(H,37,40). The number of fused-ring (bicyclic) bond motifs is 1. The summed E-state index contributed by atoms with van der Waals surface area (Å²) in [5.41, 5.74) is 5.58. The van der Waals surface area contributed by atoms with Crippen LogP contribution in [0.25, 0.3) is 11.1 Å². The molecule has 0 bridgehead atoms. The zero-order valence-corrected chi connectivity index (χ0v) is 24.8. The first-order chi connectivity index (χ1) is 20.0. The number of aryl methyl sites for hydroxylation is 1. The molecule has 3 N–H and O–H groups in total. The third-order valence-corrected chi connectivity index (χ3v) is 7.76. The third kappa shape index (κ3) is 5.50. The minimum atomic E-state index is -0.785. The number of hydrogen-bond donors (Lipinski definition) is 3. The summed E-state index contributed by atoms with van der Waals surface area (Å²) in [6.45, 7) is 5.89. The second-order valence-corrected chi connectivity index (χ2v) is 11.2. The van der Waals surface area contributed by atoms with Crippen LogP contribution >= 0.6 is 11.6 Å². The molecular weight excluding hydrogens is 555 g/mol. The van der Waals surface area contributed by atoms with Crippen molar-refractivity contribution in [3.8, 4) is 16.9 Å². The molecule has 1 heterocycles. The summed E-state index contributed by atoms with van der Waals surface area (Å²) in [4.78, 5) is 27.9. The monoisotopic (exact) mass is 586 g/mol. The van der Waals surface area contributed by atoms with Gasteiger partial charge < -0.3 is 25.6 Å². The molecule has 9 heteroatoms. The Balaban J connectivity index is 1.58. The Kier molecular flexibility index (Phi) is 7.84. The number of rotatable bonds is 7. The summed E-state index contributed by atoms with van der Waals surface area (Å²) >= 11 is 6.21. The molecule has 42 heavy (non-hydrogen) atoms. The number of anilines is 4. The lowest BCUT2D eigenvalue weighted by molar-refractivity contribution is -0.121. The van der Waals surface area contributed by atoms with Crippen LogP contribution in [-0.4, -0.2) is 31.5 Å². The summed E-state index contributed by atoms with van der Waals surface area (Å²) in [6, 6.07) is 20.7. The van der Waals surface area contributed by atoms with Crippen molar-refractivity contribution in [3.05, 3.63) is 100 Å². The summed E-state index contributed by atoms with van der Waals surface area (Å²) < 4.78 is 19.9. The number of amides is 2. The van der Waals surface area contributed by atoms with Crippen molar-refractivity contribution in [2.75, 3.05) is 35.0 Å². The van der Waals surface area contributed by atoms with E-state index in [9.17, 15) is 14.0 Å². The van der Waals surface area contributed by atoms with E-state index in [0.717, 1.165) is 33.6 Å². The number of carbonyl (C=O) groups is 2. The van der Waals surface area contributed by atoms with Gasteiger partial charge in [-0.05, 0) is 74.4 Å². The van der Waals surface area contributed by atoms with Crippen LogP contribution in [0.3, 0.4) is 0 Å². The van der Waals surface area contributed by atoms with Crippen LogP contribution < -0.4 is 25.6 Å². The van der Waals surface area contributed by atoms with Gasteiger partial charge in [-0.15, -0.1) is 0 Å². The number of carbonyl (C=O) groups excluding carboxylic acids is 2. The Morgan fingerprint density at radius 1 is 1.05 bits per heavy atom. The molecule has 2 amide bonds. The van der Waals surface area contributed by atoms with E-state index in [1.54, 1.807) is 61.5 Å². The summed E-state index contributed by atoms with van der Waals surface area (Å²) in [5.74, 6) is -0.244. The maximum absolute atomic E-state index is 14.1. The molecule has 0 aromatic heterocycles. The second-order valence-electron chi connectivity index (χ2n) is 10.8. The summed E-state index contributed by atoms with van der Waals surface area (Å²) in [5, 5.41) is 9.97. The average molecular weight is 587 g/mol. The Morgan fingerprint density at radius 3 is 2.52 bits per heavy atom. The smallest absolute Gasteiger partial charge is 0.257 e. The van der Waals surface area contributed by atoms with E-state index in [0.29, 0.717) is 34.3 Å². The fraction of sp³-hybridized carbons (Fsp3) is 0.212. The Morgan fingerprint density at radius 2 is 1.79 bits per heavy atom. The van der Waals surface area contributed by atoms with Crippen molar-refractivity contribution in [1.82, 2.24) is 0 Å². The number of ether oxygens (including phenoxy) is 1. The van der Waals surface area contributed by atoms with Gasteiger partial charge >= 0.3 is 0 Å². The molecule has 4 aromatic rings. The molecule has 0 atom stereocenters. The Bertz CT molecular complexity index is 1710. The SMILES string of the molecule is COc1cc(NC(=O)c2ccccc2Cl)ccc1-c1ccc2c(c1CNc1cc(F)ccc1C)N(C)C(=O)C(C)(C)N2. The van der Waals surface area contributed by atoms with Crippen molar-refractivity contribution >= 4 is 46.2 Å². The number of methoxy groups -OCH3 is 1. The lowest BCUT2D eigenvalue weighted by atomic mass is 9.91. The second kappa shape index (κ2) is 11.4. The maximum Gasteiger partial charge on any atom is 0.257 e. The number of likely N-dealkylation sites (N-methyl/N-ethyl adjacent to an activating group) is 1. The fourth-order valence-electron chi connectivity index (χ4n) is 5.27. The quantitative estimate of drug-likeness (QED) is 0.209. The van der Waals surface area contributed by atoms with Gasteiger partial charge in [-0.1, -0.05) is 35.9 Å². The number of nitrogens with zero attached hydrogens (tertiary/aromatic N) is 1. The minimum Gasteiger partial charge on any atom is -0.496 e. The van der Waals surface area contributed by atoms with Crippen molar-refractivity contribution in [3.63, 3.8) is 0 Å². The molecule has 0 saturated carbocycles. The van der Waals surface area contributed by atoms with E-state index < -0.39 is 5.54 Å². The first-order valence-corrected chi connectivity index (χ1v) is 13.8. The van der Waals surface area contributed by atoms with E-state index in [-0.39, 0.29) is 17.6 Å². The molecule has 0 fully saturated rings. The van der Waals surface area contributed by atoms with E-state index in [2.05, 4.69) is 16.0 Å². The van der Waals surface area contributed by atoms with Crippen molar-refractivity contribution < 1.29 is 18.7 Å². The minimum absolute atomic E-state index is 0.0834. The van der Waals surface area contributed by atoms with Gasteiger partial charge in [0.05, 0.1) is 29.1 Å². The van der Waals surface area contributed by atoms with Crippen LogP contribution in [0.2, 0.25) is 5.02 Å². The first kappa shape index (κ1) is 29.0. The molecule has 0 radical (unpaired) electrons. The molecule has 0 unspecified atom stereocenters. The zero-order chi connectivity index (χ0) is 30.2. The largest absolute Gasteiger partial charge is 0.496 e. The van der Waals surface area contributed by atoms with Gasteiger partial charge in [0.25, 0.3) is 11.8 Å². The predicted octanol–water partition coefficient (Wildman–Crippen LogP) is 7.49. The summed E-state index contributed by atoms with van der Waals surface area (Å²) in [6.07, 6.45) is 0. The Labute approximate surface area is 249 Å². The molecule has 216 valence electrons. The molecule has 4 aromatic carbocycles. The topological polar surface area (TPSA) is 82.7 Å². The third-order valence-electron chi connectivity index (χ3n) is 7.43. The van der Waals surface area contributed by atoms with Gasteiger partial charge in [0.1, 0.15) is 17.1 Å².